The maximum absolute atomic E-state index is 12.8. The van der Waals surface area contributed by atoms with Gasteiger partial charge in [0.1, 0.15) is 23.7 Å². The topological polar surface area (TPSA) is 101 Å². The monoisotopic (exact) mass is 598 g/mol. The van der Waals surface area contributed by atoms with Crippen molar-refractivity contribution < 1.29 is 14.0 Å². The fourth-order valence-corrected chi connectivity index (χ4v) is 7.19. The summed E-state index contributed by atoms with van der Waals surface area (Å²) >= 11 is 6.45. The van der Waals surface area contributed by atoms with Gasteiger partial charge in [-0.3, -0.25) is 0 Å². The van der Waals surface area contributed by atoms with E-state index in [-0.39, 0.29) is 0 Å². The molecule has 0 saturated carbocycles. The molecule has 0 radical (unpaired) electrons. The maximum Gasteiger partial charge on any atom is 0.229 e. The predicted molar refractivity (Wildman–Crippen MR) is 168 cm³/mol. The van der Waals surface area contributed by atoms with E-state index in [1.165, 1.54) is 24.6 Å². The summed E-state index contributed by atoms with van der Waals surface area (Å²) in [6.07, 6.45) is 6.19. The van der Waals surface area contributed by atoms with Gasteiger partial charge in [-0.25, -0.2) is 4.98 Å². The summed E-state index contributed by atoms with van der Waals surface area (Å²) in [6, 6.07) is 12.2. The average molecular weight is 599 g/mol. The van der Waals surface area contributed by atoms with Crippen molar-refractivity contribution >= 4 is 47.2 Å². The molecule has 0 aliphatic carbocycles. The van der Waals surface area contributed by atoms with E-state index in [0.29, 0.717) is 45.9 Å². The highest BCUT2D eigenvalue weighted by Crippen LogP contribution is 2.42. The SMILES string of the molecule is COc1cc(C2CCN(C3CCNCC3)CC2)c(OC)cc1Nc1ncc(Cl)c(Nc2ccccc2P(C)(C)=O)n1. The van der Waals surface area contributed by atoms with Crippen LogP contribution >= 0.6 is 18.7 Å². The molecule has 0 unspecified atom stereocenters. The normalized spacial score (nSPS) is 17.3. The second-order valence-corrected chi connectivity index (χ2v) is 14.7. The first-order valence-corrected chi connectivity index (χ1v) is 17.2. The van der Waals surface area contributed by atoms with Gasteiger partial charge in [0, 0.05) is 23.0 Å². The van der Waals surface area contributed by atoms with E-state index in [9.17, 15) is 4.57 Å². The highest BCUT2D eigenvalue weighted by atomic mass is 35.5. The summed E-state index contributed by atoms with van der Waals surface area (Å²) in [5.41, 5.74) is 2.56. The zero-order valence-electron chi connectivity index (χ0n) is 24.2. The Hall–Kier alpha value is -2.84. The summed E-state index contributed by atoms with van der Waals surface area (Å²) in [5, 5.41) is 11.1. The number of halogens is 1. The molecule has 3 N–H and O–H groups in total. The van der Waals surface area contributed by atoms with Crippen molar-refractivity contribution in [3.63, 3.8) is 0 Å². The lowest BCUT2D eigenvalue weighted by molar-refractivity contribution is 0.126. The number of methoxy groups -OCH3 is 2. The minimum atomic E-state index is -2.52. The summed E-state index contributed by atoms with van der Waals surface area (Å²) in [5.74, 6) is 2.66. The molecule has 0 bridgehead atoms. The van der Waals surface area contributed by atoms with Gasteiger partial charge >= 0.3 is 0 Å². The van der Waals surface area contributed by atoms with E-state index in [4.69, 9.17) is 21.1 Å². The van der Waals surface area contributed by atoms with Gasteiger partial charge in [0.2, 0.25) is 5.95 Å². The third-order valence-corrected chi connectivity index (χ3v) is 9.90. The number of hydrogen-bond acceptors (Lipinski definition) is 9. The molecular weight excluding hydrogens is 559 g/mol. The highest BCUT2D eigenvalue weighted by Gasteiger charge is 2.29. The lowest BCUT2D eigenvalue weighted by atomic mass is 9.87. The number of nitrogens with zero attached hydrogens (tertiary/aromatic N) is 3. The third-order valence-electron chi connectivity index (χ3n) is 8.07. The van der Waals surface area contributed by atoms with Gasteiger partial charge in [0.25, 0.3) is 0 Å². The molecular formula is C30H40ClN6O3P. The number of likely N-dealkylation sites (tertiary alicyclic amines) is 1. The zero-order chi connectivity index (χ0) is 29.0. The van der Waals surface area contributed by atoms with E-state index in [1.807, 2.05) is 30.3 Å². The third kappa shape index (κ3) is 6.97. The number of anilines is 4. The standard InChI is InChI=1S/C30H40ClN6O3P/c1-39-26-18-25(27(40-2)17-22(26)20-11-15-37(16-12-20)21-9-13-32-14-10-21)35-30-33-19-23(31)29(36-30)34-24-7-5-6-8-28(24)41(3,4)38/h5-8,17-21,32H,9-16H2,1-4H3,(H2,33,34,35,36). The molecule has 0 amide bonds. The molecule has 2 aliphatic heterocycles. The number of hydrogen-bond donors (Lipinski definition) is 3. The fraction of sp³-hybridized carbons (Fsp3) is 0.467. The Morgan fingerprint density at radius 1 is 0.976 bits per heavy atom. The zero-order valence-corrected chi connectivity index (χ0v) is 25.9. The number of piperidine rings is 2. The molecule has 3 heterocycles. The van der Waals surface area contributed by atoms with Crippen molar-refractivity contribution in [2.75, 3.05) is 64.4 Å². The quantitative estimate of drug-likeness (QED) is 0.263. The van der Waals surface area contributed by atoms with Gasteiger partial charge in [0.05, 0.1) is 31.8 Å². The van der Waals surface area contributed by atoms with Crippen LogP contribution in [0.25, 0.3) is 0 Å². The van der Waals surface area contributed by atoms with Crippen LogP contribution in [0.2, 0.25) is 5.02 Å². The van der Waals surface area contributed by atoms with Crippen LogP contribution in [-0.4, -0.2) is 74.6 Å². The first kappa shape index (κ1) is 29.6. The number of ether oxygens (including phenoxy) is 2. The van der Waals surface area contributed by atoms with Crippen LogP contribution in [0.1, 0.15) is 37.2 Å². The van der Waals surface area contributed by atoms with E-state index < -0.39 is 7.14 Å². The minimum absolute atomic E-state index is 0.342. The van der Waals surface area contributed by atoms with Crippen LogP contribution < -0.4 is 30.7 Å². The Morgan fingerprint density at radius 3 is 2.37 bits per heavy atom. The molecule has 41 heavy (non-hydrogen) atoms. The lowest BCUT2D eigenvalue weighted by Crippen LogP contribution is -2.46. The molecule has 5 rings (SSSR count). The number of nitrogens with one attached hydrogen (secondary N) is 3. The molecule has 2 aromatic carbocycles. The first-order valence-electron chi connectivity index (χ1n) is 14.2. The first-order chi connectivity index (χ1) is 19.8. The Balaban J connectivity index is 1.35. The molecule has 2 saturated heterocycles. The van der Waals surface area contributed by atoms with Crippen molar-refractivity contribution in [1.29, 1.82) is 0 Å². The fourth-order valence-electron chi connectivity index (χ4n) is 5.90. The maximum atomic E-state index is 12.8. The van der Waals surface area contributed by atoms with Crippen molar-refractivity contribution in [2.45, 2.75) is 37.6 Å². The second kappa shape index (κ2) is 13.0. The van der Waals surface area contributed by atoms with Gasteiger partial charge < -0.3 is 34.9 Å². The second-order valence-electron chi connectivity index (χ2n) is 11.1. The van der Waals surface area contributed by atoms with Crippen LogP contribution in [0.5, 0.6) is 11.5 Å². The van der Waals surface area contributed by atoms with Crippen LogP contribution in [0.15, 0.2) is 42.6 Å². The van der Waals surface area contributed by atoms with Crippen molar-refractivity contribution in [3.05, 3.63) is 53.2 Å². The van der Waals surface area contributed by atoms with Gasteiger partial charge in [0.15, 0.2) is 5.82 Å². The molecule has 11 heteroatoms. The molecule has 2 fully saturated rings. The summed E-state index contributed by atoms with van der Waals surface area (Å²) < 4.78 is 24.5. The van der Waals surface area contributed by atoms with Crippen molar-refractivity contribution in [1.82, 2.24) is 20.2 Å². The van der Waals surface area contributed by atoms with E-state index >= 15 is 0 Å². The number of para-hydroxylation sites is 1. The highest BCUT2D eigenvalue weighted by molar-refractivity contribution is 7.70. The van der Waals surface area contributed by atoms with Gasteiger partial charge in [-0.05, 0) is 89.3 Å². The Labute approximate surface area is 247 Å². The van der Waals surface area contributed by atoms with Crippen molar-refractivity contribution in [2.24, 2.45) is 0 Å². The molecule has 9 nitrogen and oxygen atoms in total. The Morgan fingerprint density at radius 2 is 1.68 bits per heavy atom. The largest absolute Gasteiger partial charge is 0.496 e. The Kier molecular flexibility index (Phi) is 9.39. The summed E-state index contributed by atoms with van der Waals surface area (Å²) in [6.45, 7) is 7.91. The molecule has 3 aromatic rings. The van der Waals surface area contributed by atoms with Crippen LogP contribution in [0, 0.1) is 0 Å². The van der Waals surface area contributed by atoms with Crippen LogP contribution in [0.4, 0.5) is 23.1 Å². The Bertz CT molecular complexity index is 1400. The van der Waals surface area contributed by atoms with Gasteiger partial charge in [-0.1, -0.05) is 23.7 Å². The van der Waals surface area contributed by atoms with Crippen molar-refractivity contribution in [3.8, 4) is 11.5 Å². The molecule has 0 spiro atoms. The summed E-state index contributed by atoms with van der Waals surface area (Å²) in [4.78, 5) is 11.7. The predicted octanol–water partition coefficient (Wildman–Crippen LogP) is 5.81. The van der Waals surface area contributed by atoms with Gasteiger partial charge in [-0.2, -0.15) is 4.98 Å². The average Bonchev–Trinajstić information content (AvgIpc) is 2.99. The molecule has 2 aliphatic rings. The molecule has 1 aromatic heterocycles. The molecule has 0 atom stereocenters. The number of benzene rings is 2. The van der Waals surface area contributed by atoms with Gasteiger partial charge in [-0.15, -0.1) is 0 Å². The van der Waals surface area contributed by atoms with E-state index in [0.717, 1.165) is 50.1 Å². The summed E-state index contributed by atoms with van der Waals surface area (Å²) in [7, 11) is 0.847. The number of aromatic nitrogens is 2. The molecule has 220 valence electrons. The minimum Gasteiger partial charge on any atom is -0.496 e. The lowest BCUT2D eigenvalue weighted by Gasteiger charge is -2.39. The van der Waals surface area contributed by atoms with E-state index in [2.05, 4.69) is 36.9 Å². The number of rotatable bonds is 9. The van der Waals surface area contributed by atoms with E-state index in [1.54, 1.807) is 27.5 Å². The van der Waals surface area contributed by atoms with Crippen LogP contribution in [0.3, 0.4) is 0 Å². The smallest absolute Gasteiger partial charge is 0.229 e. The van der Waals surface area contributed by atoms with Crippen LogP contribution in [-0.2, 0) is 4.57 Å².